The maximum Gasteiger partial charge on any atom is 0.475 e. The van der Waals surface area contributed by atoms with E-state index in [0.717, 1.165) is 17.4 Å². The highest BCUT2D eigenvalue weighted by atomic mass is 16.5. The minimum absolute atomic E-state index is 0.0292. The predicted octanol–water partition coefficient (Wildman–Crippen LogP) is 1.23. The van der Waals surface area contributed by atoms with Crippen LogP contribution in [0.1, 0.15) is 25.3 Å². The first-order chi connectivity index (χ1) is 14.4. The van der Waals surface area contributed by atoms with Crippen molar-refractivity contribution in [3.63, 3.8) is 0 Å². The summed E-state index contributed by atoms with van der Waals surface area (Å²) in [4.78, 5) is 26.1. The molecule has 2 aromatic rings. The Kier molecular flexibility index (Phi) is 6.97. The van der Waals surface area contributed by atoms with Crippen molar-refractivity contribution >= 4 is 30.1 Å². The molecule has 0 bridgehead atoms. The Morgan fingerprint density at radius 1 is 1.43 bits per heavy atom. The topological polar surface area (TPSA) is 136 Å². The van der Waals surface area contributed by atoms with E-state index in [-0.39, 0.29) is 25.0 Å². The number of nitrogens with one attached hydrogen (secondary N) is 1. The van der Waals surface area contributed by atoms with Crippen molar-refractivity contribution in [2.75, 3.05) is 13.2 Å². The number of furan rings is 1. The maximum atomic E-state index is 12.3. The fraction of sp³-hybridized carbons (Fsp3) is 0.450. The molecule has 9 nitrogen and oxygen atoms in total. The monoisotopic (exact) mass is 413 g/mol. The lowest BCUT2D eigenvalue weighted by molar-refractivity contribution is -0.134. The van der Waals surface area contributed by atoms with E-state index >= 15 is 0 Å². The number of carbonyl (C=O) groups is 2. The zero-order valence-electron chi connectivity index (χ0n) is 16.7. The third-order valence-electron chi connectivity index (χ3n) is 5.30. The number of fused-ring (bicyclic) bond motifs is 1. The van der Waals surface area contributed by atoms with Crippen LogP contribution in [0.4, 0.5) is 4.79 Å². The molecule has 0 saturated carbocycles. The smallest absolute Gasteiger partial charge is 0.464 e. The zero-order chi connectivity index (χ0) is 21.7. The second kappa shape index (κ2) is 9.65. The molecule has 1 aliphatic rings. The van der Waals surface area contributed by atoms with Crippen LogP contribution < -0.4 is 5.32 Å². The number of amides is 2. The quantitative estimate of drug-likeness (QED) is 0.581. The summed E-state index contributed by atoms with van der Waals surface area (Å²) in [6.07, 6.45) is 2.28. The normalized spacial score (nSPS) is 17.9. The molecule has 0 spiro atoms. The first-order valence-corrected chi connectivity index (χ1v) is 9.85. The van der Waals surface area contributed by atoms with Crippen molar-refractivity contribution in [1.82, 2.24) is 10.2 Å². The fourth-order valence-electron chi connectivity index (χ4n) is 3.63. The molecule has 10 heteroatoms. The molecule has 0 radical (unpaired) electrons. The largest absolute Gasteiger partial charge is 0.475 e. The van der Waals surface area contributed by atoms with Crippen LogP contribution in [0.2, 0.25) is 0 Å². The van der Waals surface area contributed by atoms with Crippen LogP contribution in [0.15, 0.2) is 34.9 Å². The first kappa shape index (κ1) is 21.7. The lowest BCUT2D eigenvalue weighted by Gasteiger charge is -2.25. The molecule has 1 unspecified atom stereocenters. The summed E-state index contributed by atoms with van der Waals surface area (Å²) in [5.41, 5.74) is 1.39. The van der Waals surface area contributed by atoms with Crippen LogP contribution >= 0.6 is 0 Å². The van der Waals surface area contributed by atoms with Crippen molar-refractivity contribution in [3.05, 3.63) is 36.1 Å². The number of likely N-dealkylation sites (tertiary alicyclic amines) is 1. The molecule has 1 fully saturated rings. The molecule has 3 rings (SSSR count). The van der Waals surface area contributed by atoms with E-state index in [1.165, 1.54) is 13.2 Å². The fourth-order valence-corrected chi connectivity index (χ4v) is 3.63. The summed E-state index contributed by atoms with van der Waals surface area (Å²) in [7, 11) is -1.80. The summed E-state index contributed by atoms with van der Waals surface area (Å²) >= 11 is 0. The third kappa shape index (κ3) is 4.93. The van der Waals surface area contributed by atoms with Gasteiger partial charge in [-0.15, -0.1) is 0 Å². The SMILES string of the molecule is CC(C#N)C(=O)N1CCC[C@@H]1COC(=O)N[C@@H](Cc1coc2ccccc12)B(O)O. The van der Waals surface area contributed by atoms with Gasteiger partial charge in [0.15, 0.2) is 0 Å². The Morgan fingerprint density at radius 2 is 2.20 bits per heavy atom. The molecule has 158 valence electrons. The summed E-state index contributed by atoms with van der Waals surface area (Å²) in [5, 5.41) is 31.6. The second-order valence-electron chi connectivity index (χ2n) is 7.40. The van der Waals surface area contributed by atoms with Crippen LogP contribution in [0.3, 0.4) is 0 Å². The van der Waals surface area contributed by atoms with Gasteiger partial charge in [0.1, 0.15) is 18.1 Å². The number of rotatable bonds is 7. The Morgan fingerprint density at radius 3 is 2.93 bits per heavy atom. The predicted molar refractivity (Wildman–Crippen MR) is 108 cm³/mol. The molecule has 2 amide bonds. The number of alkyl carbamates (subject to hydrolysis) is 1. The minimum atomic E-state index is -1.80. The number of hydrogen-bond acceptors (Lipinski definition) is 7. The van der Waals surface area contributed by atoms with Crippen LogP contribution in [-0.4, -0.2) is 59.2 Å². The maximum absolute atomic E-state index is 12.3. The van der Waals surface area contributed by atoms with E-state index in [2.05, 4.69) is 5.32 Å². The van der Waals surface area contributed by atoms with Gasteiger partial charge in [-0.1, -0.05) is 18.2 Å². The molecule has 30 heavy (non-hydrogen) atoms. The molecular formula is C20H24BN3O6. The van der Waals surface area contributed by atoms with Gasteiger partial charge < -0.3 is 29.4 Å². The van der Waals surface area contributed by atoms with E-state index in [9.17, 15) is 19.6 Å². The number of hydrogen-bond donors (Lipinski definition) is 3. The van der Waals surface area contributed by atoms with Gasteiger partial charge in [-0.2, -0.15) is 5.26 Å². The molecule has 0 aliphatic carbocycles. The van der Waals surface area contributed by atoms with Gasteiger partial charge in [0.05, 0.1) is 24.3 Å². The molecule has 2 heterocycles. The molecule has 3 N–H and O–H groups in total. The number of benzene rings is 1. The van der Waals surface area contributed by atoms with Gasteiger partial charge in [0.25, 0.3) is 0 Å². The average molecular weight is 413 g/mol. The van der Waals surface area contributed by atoms with Crippen molar-refractivity contribution in [1.29, 1.82) is 5.26 Å². The number of ether oxygens (including phenoxy) is 1. The Hall–Kier alpha value is -3.03. The standard InChI is InChI=1S/C20H24BN3O6/c1-13(10-22)19(25)24-8-4-5-15(24)12-30-20(26)23-18(21(27)28)9-14-11-29-17-7-3-2-6-16(14)17/h2-3,6-7,11,13,15,18,27-28H,4-5,8-9,12H2,1H3,(H,23,26)/t13?,15-,18+/m1/s1. The Labute approximate surface area is 174 Å². The van der Waals surface area contributed by atoms with Crippen molar-refractivity contribution in [2.45, 2.75) is 38.2 Å². The lowest BCUT2D eigenvalue weighted by atomic mass is 9.76. The van der Waals surface area contributed by atoms with Crippen LogP contribution in [-0.2, 0) is 16.0 Å². The number of carbonyl (C=O) groups excluding carboxylic acids is 2. The molecule has 1 aromatic carbocycles. The summed E-state index contributed by atoms with van der Waals surface area (Å²) in [6.45, 7) is 2.03. The van der Waals surface area contributed by atoms with Crippen molar-refractivity contribution < 1.29 is 28.8 Å². The van der Waals surface area contributed by atoms with Gasteiger partial charge in [-0.05, 0) is 37.8 Å². The first-order valence-electron chi connectivity index (χ1n) is 9.85. The van der Waals surface area contributed by atoms with Crippen molar-refractivity contribution in [3.8, 4) is 6.07 Å². The molecule has 1 aliphatic heterocycles. The Balaban J connectivity index is 1.57. The summed E-state index contributed by atoms with van der Waals surface area (Å²) in [5.74, 6) is -2.03. The van der Waals surface area contributed by atoms with Gasteiger partial charge in [-0.25, -0.2) is 4.79 Å². The van der Waals surface area contributed by atoms with E-state index in [1.54, 1.807) is 11.0 Å². The van der Waals surface area contributed by atoms with Gasteiger partial charge in [-0.3, -0.25) is 4.79 Å². The second-order valence-corrected chi connectivity index (χ2v) is 7.40. The van der Waals surface area contributed by atoms with Gasteiger partial charge in [0, 0.05) is 11.9 Å². The highest BCUT2D eigenvalue weighted by Gasteiger charge is 2.33. The average Bonchev–Trinajstić information content (AvgIpc) is 3.37. The number of nitrogens with zero attached hydrogens (tertiary/aromatic N) is 2. The summed E-state index contributed by atoms with van der Waals surface area (Å²) in [6, 6.07) is 8.95. The molecular weight excluding hydrogens is 389 g/mol. The highest BCUT2D eigenvalue weighted by Crippen LogP contribution is 2.22. The minimum Gasteiger partial charge on any atom is -0.464 e. The van der Waals surface area contributed by atoms with Crippen LogP contribution in [0, 0.1) is 17.2 Å². The highest BCUT2D eigenvalue weighted by molar-refractivity contribution is 6.43. The zero-order valence-corrected chi connectivity index (χ0v) is 16.7. The molecule has 1 aromatic heterocycles. The van der Waals surface area contributed by atoms with Gasteiger partial charge >= 0.3 is 13.2 Å². The third-order valence-corrected chi connectivity index (χ3v) is 5.30. The number of para-hydroxylation sites is 1. The van der Waals surface area contributed by atoms with Crippen LogP contribution in [0.5, 0.6) is 0 Å². The number of nitriles is 1. The van der Waals surface area contributed by atoms with E-state index in [0.29, 0.717) is 18.5 Å². The van der Waals surface area contributed by atoms with E-state index in [1.807, 2.05) is 24.3 Å². The van der Waals surface area contributed by atoms with Gasteiger partial charge in [0.2, 0.25) is 5.91 Å². The van der Waals surface area contributed by atoms with Crippen molar-refractivity contribution in [2.24, 2.45) is 5.92 Å². The van der Waals surface area contributed by atoms with E-state index in [4.69, 9.17) is 14.4 Å². The van der Waals surface area contributed by atoms with E-state index < -0.39 is 25.1 Å². The van der Waals surface area contributed by atoms with Crippen LogP contribution in [0.25, 0.3) is 11.0 Å². The lowest BCUT2D eigenvalue weighted by Crippen LogP contribution is -2.49. The summed E-state index contributed by atoms with van der Waals surface area (Å²) < 4.78 is 10.7. The molecule has 1 saturated heterocycles. The molecule has 3 atom stereocenters. The Bertz CT molecular complexity index is 940.